The van der Waals surface area contributed by atoms with Gasteiger partial charge in [-0.15, -0.1) is 0 Å². The first-order valence-electron chi connectivity index (χ1n) is 4.89. The first-order valence-corrected chi connectivity index (χ1v) is 4.89. The highest BCUT2D eigenvalue weighted by atomic mass is 19.3. The Morgan fingerprint density at radius 2 is 2.00 bits per heavy atom. The second-order valence-corrected chi connectivity index (χ2v) is 3.56. The zero-order valence-electron chi connectivity index (χ0n) is 9.10. The zero-order valence-corrected chi connectivity index (χ0v) is 9.10. The van der Waals surface area contributed by atoms with Crippen LogP contribution in [0.5, 0.6) is 0 Å². The number of rotatable bonds is 3. The lowest BCUT2D eigenvalue weighted by molar-refractivity contribution is 0.101. The van der Waals surface area contributed by atoms with Gasteiger partial charge in [0.25, 0.3) is 6.43 Å². The molecule has 15 heavy (non-hydrogen) atoms. The maximum atomic E-state index is 12.5. The number of carbonyl (C=O) groups is 1. The van der Waals surface area contributed by atoms with Gasteiger partial charge in [-0.2, -0.15) is 0 Å². The molecule has 0 saturated heterocycles. The third kappa shape index (κ3) is 2.41. The summed E-state index contributed by atoms with van der Waals surface area (Å²) in [5, 5.41) is 0. The molecule has 0 unspecified atom stereocenters. The lowest BCUT2D eigenvalue weighted by Crippen LogP contribution is -2.02. The summed E-state index contributed by atoms with van der Waals surface area (Å²) in [7, 11) is 0. The Kier molecular flexibility index (Phi) is 3.56. The topological polar surface area (TPSA) is 17.1 Å². The average Bonchev–Trinajstić information content (AvgIpc) is 2.17. The minimum atomic E-state index is -2.52. The molecular weight excluding hydrogens is 198 g/mol. The third-order valence-electron chi connectivity index (χ3n) is 2.55. The van der Waals surface area contributed by atoms with Crippen molar-refractivity contribution in [3.05, 3.63) is 34.4 Å². The molecule has 0 aliphatic rings. The fraction of sp³-hybridized carbons (Fsp3) is 0.417. The predicted molar refractivity (Wildman–Crippen MR) is 55.5 cm³/mol. The minimum absolute atomic E-state index is 0.0670. The summed E-state index contributed by atoms with van der Waals surface area (Å²) in [5.41, 5.74) is 1.97. The minimum Gasteiger partial charge on any atom is -0.295 e. The van der Waals surface area contributed by atoms with Gasteiger partial charge in [0.1, 0.15) is 0 Å². The summed E-state index contributed by atoms with van der Waals surface area (Å²) in [6.07, 6.45) is -1.86. The fourth-order valence-electron chi connectivity index (χ4n) is 1.66. The number of Topliss-reactive ketones (excluding diaryl/α,β-unsaturated/α-hetero) is 1. The lowest BCUT2D eigenvalue weighted by Gasteiger charge is -2.11. The van der Waals surface area contributed by atoms with Crippen LogP contribution in [0.1, 0.15) is 47.3 Å². The van der Waals surface area contributed by atoms with E-state index < -0.39 is 6.43 Å². The first kappa shape index (κ1) is 11.8. The molecule has 82 valence electrons. The number of carbonyl (C=O) groups excluding carboxylic acids is 1. The standard InChI is InChI=1S/C12H14F2O/c1-4-9-5-10(12(13)14)6-11(7(9)2)8(3)15/h5-6,12H,4H2,1-3H3. The van der Waals surface area contributed by atoms with Gasteiger partial charge >= 0.3 is 0 Å². The SMILES string of the molecule is CCc1cc(C(F)F)cc(C(C)=O)c1C. The monoisotopic (exact) mass is 212 g/mol. The number of hydrogen-bond donors (Lipinski definition) is 0. The summed E-state index contributed by atoms with van der Waals surface area (Å²) in [5.74, 6) is -0.162. The molecule has 1 rings (SSSR count). The van der Waals surface area contributed by atoms with Crippen LogP contribution in [0.25, 0.3) is 0 Å². The van der Waals surface area contributed by atoms with E-state index in [1.165, 1.54) is 19.1 Å². The molecule has 0 saturated carbocycles. The smallest absolute Gasteiger partial charge is 0.263 e. The van der Waals surface area contributed by atoms with E-state index in [-0.39, 0.29) is 11.3 Å². The Balaban J connectivity index is 3.38. The quantitative estimate of drug-likeness (QED) is 0.698. The van der Waals surface area contributed by atoms with Crippen molar-refractivity contribution in [1.29, 1.82) is 0 Å². The summed E-state index contributed by atoms with van der Waals surface area (Å²) in [6.45, 7) is 5.09. The Labute approximate surface area is 88.1 Å². The highest BCUT2D eigenvalue weighted by molar-refractivity contribution is 5.96. The van der Waals surface area contributed by atoms with Crippen LogP contribution in [0.15, 0.2) is 12.1 Å². The van der Waals surface area contributed by atoms with Gasteiger partial charge in [0.15, 0.2) is 5.78 Å². The molecule has 0 aromatic heterocycles. The van der Waals surface area contributed by atoms with E-state index in [2.05, 4.69) is 0 Å². The van der Waals surface area contributed by atoms with Crippen molar-refractivity contribution in [2.45, 2.75) is 33.6 Å². The molecule has 1 aromatic rings. The molecule has 0 fully saturated rings. The van der Waals surface area contributed by atoms with E-state index in [1.807, 2.05) is 6.92 Å². The van der Waals surface area contributed by atoms with E-state index in [9.17, 15) is 13.6 Å². The molecule has 3 heteroatoms. The first-order chi connectivity index (χ1) is 6.97. The number of halogens is 2. The Morgan fingerprint density at radius 3 is 2.40 bits per heavy atom. The van der Waals surface area contributed by atoms with Crippen LogP contribution >= 0.6 is 0 Å². The Hall–Kier alpha value is -1.25. The van der Waals surface area contributed by atoms with Crippen LogP contribution < -0.4 is 0 Å². The van der Waals surface area contributed by atoms with Gasteiger partial charge in [-0.1, -0.05) is 6.92 Å². The van der Waals surface area contributed by atoms with Crippen molar-refractivity contribution in [1.82, 2.24) is 0 Å². The van der Waals surface area contributed by atoms with Crippen LogP contribution in [0.2, 0.25) is 0 Å². The normalized spacial score (nSPS) is 10.8. The van der Waals surface area contributed by atoms with Crippen molar-refractivity contribution in [2.75, 3.05) is 0 Å². The number of ketones is 1. The van der Waals surface area contributed by atoms with Gasteiger partial charge in [-0.25, -0.2) is 8.78 Å². The Morgan fingerprint density at radius 1 is 1.40 bits per heavy atom. The van der Waals surface area contributed by atoms with Crippen molar-refractivity contribution < 1.29 is 13.6 Å². The van der Waals surface area contributed by atoms with E-state index in [4.69, 9.17) is 0 Å². The van der Waals surface area contributed by atoms with Gasteiger partial charge in [0, 0.05) is 11.1 Å². The maximum absolute atomic E-state index is 12.5. The summed E-state index contributed by atoms with van der Waals surface area (Å²) in [4.78, 5) is 11.3. The van der Waals surface area contributed by atoms with Crippen LogP contribution in [0.3, 0.4) is 0 Å². The van der Waals surface area contributed by atoms with Gasteiger partial charge in [0.05, 0.1) is 0 Å². The van der Waals surface area contributed by atoms with Gasteiger partial charge in [-0.05, 0) is 43.5 Å². The summed E-state index contributed by atoms with van der Waals surface area (Å²) >= 11 is 0. The molecule has 0 heterocycles. The number of hydrogen-bond acceptors (Lipinski definition) is 1. The second kappa shape index (κ2) is 4.51. The second-order valence-electron chi connectivity index (χ2n) is 3.56. The van der Waals surface area contributed by atoms with E-state index in [0.29, 0.717) is 12.0 Å². The van der Waals surface area contributed by atoms with E-state index >= 15 is 0 Å². The molecule has 0 spiro atoms. The van der Waals surface area contributed by atoms with E-state index in [1.54, 1.807) is 6.92 Å². The van der Waals surface area contributed by atoms with Crippen molar-refractivity contribution in [3.8, 4) is 0 Å². The lowest BCUT2D eigenvalue weighted by atomic mass is 9.95. The van der Waals surface area contributed by atoms with Crippen LogP contribution in [0.4, 0.5) is 8.78 Å². The molecule has 0 radical (unpaired) electrons. The number of aryl methyl sites for hydroxylation is 1. The summed E-state index contributed by atoms with van der Waals surface area (Å²) < 4.78 is 25.1. The molecule has 0 amide bonds. The maximum Gasteiger partial charge on any atom is 0.263 e. The van der Waals surface area contributed by atoms with E-state index in [0.717, 1.165) is 11.1 Å². The molecule has 0 aliphatic heterocycles. The van der Waals surface area contributed by atoms with Gasteiger partial charge in [-0.3, -0.25) is 4.79 Å². The Bertz CT molecular complexity index is 383. The van der Waals surface area contributed by atoms with Crippen LogP contribution in [0, 0.1) is 6.92 Å². The molecule has 1 aromatic carbocycles. The molecular formula is C12H14F2O. The average molecular weight is 212 g/mol. The van der Waals surface area contributed by atoms with Crippen molar-refractivity contribution in [2.24, 2.45) is 0 Å². The highest BCUT2D eigenvalue weighted by Crippen LogP contribution is 2.25. The highest BCUT2D eigenvalue weighted by Gasteiger charge is 2.14. The van der Waals surface area contributed by atoms with Crippen molar-refractivity contribution >= 4 is 5.78 Å². The van der Waals surface area contributed by atoms with Crippen LogP contribution in [-0.2, 0) is 6.42 Å². The predicted octanol–water partition coefficient (Wildman–Crippen LogP) is 3.70. The van der Waals surface area contributed by atoms with Crippen LogP contribution in [-0.4, -0.2) is 5.78 Å². The molecule has 1 nitrogen and oxygen atoms in total. The molecule has 0 atom stereocenters. The summed E-state index contributed by atoms with van der Waals surface area (Å²) in [6, 6.07) is 2.77. The van der Waals surface area contributed by atoms with Gasteiger partial charge < -0.3 is 0 Å². The number of alkyl halides is 2. The number of benzene rings is 1. The molecule has 0 bridgehead atoms. The largest absolute Gasteiger partial charge is 0.295 e. The zero-order chi connectivity index (χ0) is 11.6. The third-order valence-corrected chi connectivity index (χ3v) is 2.55. The van der Waals surface area contributed by atoms with Gasteiger partial charge in [0.2, 0.25) is 0 Å². The molecule has 0 aliphatic carbocycles. The van der Waals surface area contributed by atoms with Crippen molar-refractivity contribution in [3.63, 3.8) is 0 Å². The fourth-order valence-corrected chi connectivity index (χ4v) is 1.66. The molecule has 0 N–H and O–H groups in total.